The maximum Gasteiger partial charge on any atom is 0.338 e. The summed E-state index contributed by atoms with van der Waals surface area (Å²) in [5, 5.41) is 0. The smallest absolute Gasteiger partial charge is 0.338 e. The van der Waals surface area contributed by atoms with Gasteiger partial charge in [-0.05, 0) is 31.2 Å². The van der Waals surface area contributed by atoms with E-state index in [-0.39, 0.29) is 17.7 Å². The van der Waals surface area contributed by atoms with Crippen LogP contribution in [0.25, 0.3) is 0 Å². The standard InChI is InChI=1S/C16H15NO4/c1-2-20-16(19)14-11-7-6-10-13(14)15(18)17-21-12-8-4-3-5-9-12/h3-11H,2H2,1H3,(H,17,18). The van der Waals surface area contributed by atoms with Gasteiger partial charge in [0, 0.05) is 0 Å². The highest BCUT2D eigenvalue weighted by Gasteiger charge is 2.17. The van der Waals surface area contributed by atoms with Crippen LogP contribution in [0.1, 0.15) is 27.6 Å². The van der Waals surface area contributed by atoms with E-state index in [9.17, 15) is 9.59 Å². The average Bonchev–Trinajstić information content (AvgIpc) is 2.54. The quantitative estimate of drug-likeness (QED) is 0.677. The Morgan fingerprint density at radius 3 is 2.24 bits per heavy atom. The highest BCUT2D eigenvalue weighted by atomic mass is 16.7. The fourth-order valence-corrected chi connectivity index (χ4v) is 1.72. The van der Waals surface area contributed by atoms with Crippen molar-refractivity contribution in [1.82, 2.24) is 5.48 Å². The third-order valence-corrected chi connectivity index (χ3v) is 2.67. The van der Waals surface area contributed by atoms with Crippen molar-refractivity contribution >= 4 is 11.9 Å². The molecule has 0 aliphatic heterocycles. The highest BCUT2D eigenvalue weighted by Crippen LogP contribution is 2.12. The highest BCUT2D eigenvalue weighted by molar-refractivity contribution is 6.05. The number of benzene rings is 2. The number of nitrogens with one attached hydrogen (secondary N) is 1. The SMILES string of the molecule is CCOC(=O)c1ccccc1C(=O)NOc1ccccc1. The van der Waals surface area contributed by atoms with Gasteiger partial charge >= 0.3 is 5.97 Å². The lowest BCUT2D eigenvalue weighted by Crippen LogP contribution is -2.28. The Morgan fingerprint density at radius 2 is 1.57 bits per heavy atom. The molecule has 0 radical (unpaired) electrons. The number of ether oxygens (including phenoxy) is 1. The normalized spacial score (nSPS) is 9.76. The van der Waals surface area contributed by atoms with Crippen molar-refractivity contribution in [3.05, 3.63) is 65.7 Å². The maximum absolute atomic E-state index is 12.1. The molecule has 21 heavy (non-hydrogen) atoms. The van der Waals surface area contributed by atoms with E-state index in [0.717, 1.165) is 0 Å². The molecule has 1 amide bonds. The number of para-hydroxylation sites is 1. The van der Waals surface area contributed by atoms with Crippen LogP contribution in [0.5, 0.6) is 5.75 Å². The zero-order valence-electron chi connectivity index (χ0n) is 11.5. The Balaban J connectivity index is 2.10. The molecule has 0 bridgehead atoms. The second-order valence-corrected chi connectivity index (χ2v) is 4.11. The van der Waals surface area contributed by atoms with E-state index in [1.54, 1.807) is 43.3 Å². The topological polar surface area (TPSA) is 64.6 Å². The maximum atomic E-state index is 12.1. The van der Waals surface area contributed by atoms with Gasteiger partial charge in [0.25, 0.3) is 5.91 Å². The van der Waals surface area contributed by atoms with E-state index >= 15 is 0 Å². The summed E-state index contributed by atoms with van der Waals surface area (Å²) in [6.45, 7) is 1.95. The summed E-state index contributed by atoms with van der Waals surface area (Å²) in [4.78, 5) is 29.1. The fourth-order valence-electron chi connectivity index (χ4n) is 1.72. The Hall–Kier alpha value is -2.82. The van der Waals surface area contributed by atoms with Crippen molar-refractivity contribution in [2.45, 2.75) is 6.92 Å². The van der Waals surface area contributed by atoms with Crippen LogP contribution >= 0.6 is 0 Å². The van der Waals surface area contributed by atoms with Gasteiger partial charge < -0.3 is 9.57 Å². The molecule has 1 N–H and O–H groups in total. The van der Waals surface area contributed by atoms with Crippen molar-refractivity contribution in [3.8, 4) is 5.75 Å². The molecule has 0 aliphatic rings. The van der Waals surface area contributed by atoms with Crippen LogP contribution in [-0.2, 0) is 4.74 Å². The number of carbonyl (C=O) groups excluding carboxylic acids is 2. The molecule has 0 fully saturated rings. The molecular weight excluding hydrogens is 270 g/mol. The van der Waals surface area contributed by atoms with E-state index < -0.39 is 11.9 Å². The van der Waals surface area contributed by atoms with Crippen LogP contribution in [0.2, 0.25) is 0 Å². The van der Waals surface area contributed by atoms with Gasteiger partial charge in [0.2, 0.25) is 0 Å². The van der Waals surface area contributed by atoms with Gasteiger partial charge in [-0.25, -0.2) is 4.79 Å². The number of amides is 1. The zero-order chi connectivity index (χ0) is 15.1. The Kier molecular flexibility index (Phi) is 4.93. The van der Waals surface area contributed by atoms with Crippen LogP contribution in [0.4, 0.5) is 0 Å². The second-order valence-electron chi connectivity index (χ2n) is 4.11. The zero-order valence-corrected chi connectivity index (χ0v) is 11.5. The van der Waals surface area contributed by atoms with Gasteiger partial charge in [0.05, 0.1) is 17.7 Å². The summed E-state index contributed by atoms with van der Waals surface area (Å²) in [5.41, 5.74) is 2.71. The summed E-state index contributed by atoms with van der Waals surface area (Å²) in [7, 11) is 0. The third-order valence-electron chi connectivity index (χ3n) is 2.67. The van der Waals surface area contributed by atoms with Gasteiger partial charge in [0.15, 0.2) is 5.75 Å². The van der Waals surface area contributed by atoms with Gasteiger partial charge in [-0.15, -0.1) is 0 Å². The van der Waals surface area contributed by atoms with Crippen molar-refractivity contribution in [2.75, 3.05) is 6.61 Å². The molecule has 0 saturated heterocycles. The molecule has 5 nitrogen and oxygen atoms in total. The minimum absolute atomic E-state index is 0.201. The molecule has 0 atom stereocenters. The summed E-state index contributed by atoms with van der Waals surface area (Å²) in [5.74, 6) is -0.551. The predicted octanol–water partition coefficient (Wildman–Crippen LogP) is 2.59. The summed E-state index contributed by atoms with van der Waals surface area (Å²) in [6.07, 6.45) is 0. The van der Waals surface area contributed by atoms with Crippen LogP contribution in [-0.4, -0.2) is 18.5 Å². The van der Waals surface area contributed by atoms with Crippen molar-refractivity contribution in [2.24, 2.45) is 0 Å². The minimum atomic E-state index is -0.539. The van der Waals surface area contributed by atoms with E-state index in [2.05, 4.69) is 5.48 Å². The monoisotopic (exact) mass is 285 g/mol. The first kappa shape index (κ1) is 14.6. The van der Waals surface area contributed by atoms with Crippen LogP contribution in [0, 0.1) is 0 Å². The van der Waals surface area contributed by atoms with Gasteiger partial charge in [0.1, 0.15) is 0 Å². The average molecular weight is 285 g/mol. The predicted molar refractivity (Wildman–Crippen MR) is 76.9 cm³/mol. The van der Waals surface area contributed by atoms with Crippen LogP contribution < -0.4 is 10.3 Å². The van der Waals surface area contributed by atoms with Crippen molar-refractivity contribution in [1.29, 1.82) is 0 Å². The van der Waals surface area contributed by atoms with Crippen molar-refractivity contribution < 1.29 is 19.2 Å². The Bertz CT molecular complexity index is 625. The lowest BCUT2D eigenvalue weighted by atomic mass is 10.1. The molecule has 2 aromatic rings. The second kappa shape index (κ2) is 7.09. The summed E-state index contributed by atoms with van der Waals surface area (Å²) < 4.78 is 4.92. The molecular formula is C16H15NO4. The Morgan fingerprint density at radius 1 is 0.952 bits per heavy atom. The van der Waals surface area contributed by atoms with Gasteiger partial charge in [-0.1, -0.05) is 30.3 Å². The first-order chi connectivity index (χ1) is 10.2. The molecule has 2 rings (SSSR count). The molecule has 108 valence electrons. The molecule has 5 heteroatoms. The van der Waals surface area contributed by atoms with Crippen molar-refractivity contribution in [3.63, 3.8) is 0 Å². The summed E-state index contributed by atoms with van der Waals surface area (Å²) >= 11 is 0. The number of rotatable bonds is 5. The third kappa shape index (κ3) is 3.82. The fraction of sp³-hybridized carbons (Fsp3) is 0.125. The number of carbonyl (C=O) groups is 2. The molecule has 0 saturated carbocycles. The van der Waals surface area contributed by atoms with E-state index in [1.807, 2.05) is 6.07 Å². The molecule has 0 heterocycles. The first-order valence-corrected chi connectivity index (χ1v) is 6.50. The minimum Gasteiger partial charge on any atom is -0.462 e. The van der Waals surface area contributed by atoms with Crippen LogP contribution in [0.15, 0.2) is 54.6 Å². The lowest BCUT2D eigenvalue weighted by molar-refractivity contribution is 0.0519. The Labute approximate surface area is 122 Å². The number of hydrogen-bond acceptors (Lipinski definition) is 4. The molecule has 0 unspecified atom stereocenters. The molecule has 0 aromatic heterocycles. The van der Waals surface area contributed by atoms with Gasteiger partial charge in [-0.2, -0.15) is 5.48 Å². The number of hydroxylamine groups is 1. The molecule has 0 aliphatic carbocycles. The first-order valence-electron chi connectivity index (χ1n) is 6.50. The summed E-state index contributed by atoms with van der Waals surface area (Å²) in [6, 6.07) is 15.2. The lowest BCUT2D eigenvalue weighted by Gasteiger charge is -2.10. The molecule has 0 spiro atoms. The van der Waals surface area contributed by atoms with Gasteiger partial charge in [-0.3, -0.25) is 4.79 Å². The van der Waals surface area contributed by atoms with Crippen LogP contribution in [0.3, 0.4) is 0 Å². The van der Waals surface area contributed by atoms with E-state index in [1.165, 1.54) is 12.1 Å². The number of esters is 1. The van der Waals surface area contributed by atoms with E-state index in [4.69, 9.17) is 9.57 Å². The molecule has 2 aromatic carbocycles. The largest absolute Gasteiger partial charge is 0.462 e. The number of hydrogen-bond donors (Lipinski definition) is 1. The van der Waals surface area contributed by atoms with E-state index in [0.29, 0.717) is 5.75 Å².